The SMILES string of the molecule is CC(C)C1CCC(C(=O)OC2CCC(C(=O)Oc3ccc(OC(=O)C4CCC(OC5(C=O)CCC(C(C)C)CC5)CC4)c4ccc(-c5ccc(N)cc5)cc34)CC2)CC1. The van der Waals surface area contributed by atoms with Crippen molar-refractivity contribution in [3.63, 3.8) is 0 Å². The molecule has 7 rings (SSSR count). The van der Waals surface area contributed by atoms with Crippen LogP contribution in [0.4, 0.5) is 5.69 Å². The molecule has 0 radical (unpaired) electrons. The number of nitrogen functional groups attached to an aromatic ring is 1. The van der Waals surface area contributed by atoms with Gasteiger partial charge in [-0.05, 0) is 174 Å². The minimum Gasteiger partial charge on any atom is -0.462 e. The van der Waals surface area contributed by atoms with Crippen LogP contribution in [0.5, 0.6) is 11.5 Å². The molecule has 9 heteroatoms. The normalized spacial score (nSPS) is 28.9. The van der Waals surface area contributed by atoms with Crippen LogP contribution in [-0.4, -0.2) is 42.0 Å². The van der Waals surface area contributed by atoms with Crippen molar-refractivity contribution < 1.29 is 38.1 Å². The van der Waals surface area contributed by atoms with Crippen LogP contribution in [0.2, 0.25) is 0 Å². The van der Waals surface area contributed by atoms with Gasteiger partial charge < -0.3 is 29.5 Å². The Balaban J connectivity index is 0.984. The lowest BCUT2D eigenvalue weighted by atomic mass is 9.74. The van der Waals surface area contributed by atoms with Gasteiger partial charge in [-0.25, -0.2) is 0 Å². The molecule has 0 bridgehead atoms. The Labute approximate surface area is 350 Å². The molecule has 3 aromatic rings. The monoisotopic (exact) mass is 807 g/mol. The van der Waals surface area contributed by atoms with Crippen LogP contribution in [0.25, 0.3) is 21.9 Å². The molecule has 4 aliphatic carbocycles. The maximum absolute atomic E-state index is 13.7. The number of carbonyl (C=O) groups is 4. The molecule has 0 aromatic heterocycles. The number of esters is 3. The highest BCUT2D eigenvalue weighted by Crippen LogP contribution is 2.42. The molecule has 9 nitrogen and oxygen atoms in total. The van der Waals surface area contributed by atoms with Crippen LogP contribution in [0.3, 0.4) is 0 Å². The van der Waals surface area contributed by atoms with Crippen LogP contribution in [0.1, 0.15) is 130 Å². The number of anilines is 1. The lowest BCUT2D eigenvalue weighted by molar-refractivity contribution is -0.158. The van der Waals surface area contributed by atoms with Crippen LogP contribution in [0.15, 0.2) is 54.6 Å². The van der Waals surface area contributed by atoms with Crippen molar-refractivity contribution in [1.29, 1.82) is 0 Å². The van der Waals surface area contributed by atoms with Gasteiger partial charge >= 0.3 is 17.9 Å². The zero-order chi connectivity index (χ0) is 41.7. The highest BCUT2D eigenvalue weighted by molar-refractivity contribution is 5.98. The van der Waals surface area contributed by atoms with Gasteiger partial charge in [-0.3, -0.25) is 14.4 Å². The molecule has 4 aliphatic rings. The zero-order valence-electron chi connectivity index (χ0n) is 35.6. The smallest absolute Gasteiger partial charge is 0.314 e. The van der Waals surface area contributed by atoms with Gasteiger partial charge in [0, 0.05) is 16.5 Å². The van der Waals surface area contributed by atoms with Crippen molar-refractivity contribution in [2.75, 3.05) is 5.73 Å². The average Bonchev–Trinajstić information content (AvgIpc) is 3.25. The highest BCUT2D eigenvalue weighted by atomic mass is 16.6. The maximum Gasteiger partial charge on any atom is 0.314 e. The Morgan fingerprint density at radius 3 is 1.59 bits per heavy atom. The summed E-state index contributed by atoms with van der Waals surface area (Å²) in [4.78, 5) is 52.7. The molecule has 0 heterocycles. The summed E-state index contributed by atoms with van der Waals surface area (Å²) < 4.78 is 24.8. The van der Waals surface area contributed by atoms with E-state index in [1.807, 2.05) is 42.5 Å². The predicted molar refractivity (Wildman–Crippen MR) is 230 cm³/mol. The number of fused-ring (bicyclic) bond motifs is 1. The third-order valence-electron chi connectivity index (χ3n) is 14.4. The Morgan fingerprint density at radius 1 is 0.576 bits per heavy atom. The Bertz CT molecular complexity index is 1920. The molecule has 2 N–H and O–H groups in total. The van der Waals surface area contributed by atoms with E-state index < -0.39 is 5.60 Å². The first-order valence-corrected chi connectivity index (χ1v) is 22.6. The van der Waals surface area contributed by atoms with Crippen molar-refractivity contribution in [1.82, 2.24) is 0 Å². The van der Waals surface area contributed by atoms with Gasteiger partial charge in [0.15, 0.2) is 6.29 Å². The van der Waals surface area contributed by atoms with E-state index >= 15 is 0 Å². The average molecular weight is 808 g/mol. The van der Waals surface area contributed by atoms with E-state index in [0.717, 1.165) is 68.8 Å². The van der Waals surface area contributed by atoms with E-state index in [1.54, 1.807) is 12.1 Å². The molecule has 0 spiro atoms. The third kappa shape index (κ3) is 10.4. The van der Waals surface area contributed by atoms with E-state index in [-0.39, 0.29) is 47.9 Å². The topological polar surface area (TPSA) is 131 Å². The van der Waals surface area contributed by atoms with Gasteiger partial charge in [-0.15, -0.1) is 0 Å². The summed E-state index contributed by atoms with van der Waals surface area (Å²) in [5, 5.41) is 1.33. The number of ether oxygens (including phenoxy) is 4. The summed E-state index contributed by atoms with van der Waals surface area (Å²) >= 11 is 0. The molecule has 4 saturated carbocycles. The van der Waals surface area contributed by atoms with Crippen molar-refractivity contribution in [3.8, 4) is 22.6 Å². The predicted octanol–water partition coefficient (Wildman–Crippen LogP) is 10.8. The van der Waals surface area contributed by atoms with E-state index in [4.69, 9.17) is 24.7 Å². The minimum absolute atomic E-state index is 0.0164. The number of benzene rings is 3. The fourth-order valence-electron chi connectivity index (χ4n) is 10.2. The van der Waals surface area contributed by atoms with Crippen molar-refractivity contribution in [2.45, 2.75) is 148 Å². The molecule has 3 aromatic carbocycles. The van der Waals surface area contributed by atoms with Gasteiger partial charge in [0.05, 0.1) is 23.9 Å². The lowest BCUT2D eigenvalue weighted by Gasteiger charge is -2.41. The first-order chi connectivity index (χ1) is 28.4. The summed E-state index contributed by atoms with van der Waals surface area (Å²) in [6.45, 7) is 9.02. The number of rotatable bonds is 12. The van der Waals surface area contributed by atoms with Crippen LogP contribution in [-0.2, 0) is 28.7 Å². The number of aldehydes is 1. The maximum atomic E-state index is 13.7. The largest absolute Gasteiger partial charge is 0.462 e. The van der Waals surface area contributed by atoms with Gasteiger partial charge in [0.2, 0.25) is 0 Å². The molecule has 0 aliphatic heterocycles. The molecule has 59 heavy (non-hydrogen) atoms. The lowest BCUT2D eigenvalue weighted by Crippen LogP contribution is -2.43. The van der Waals surface area contributed by atoms with Crippen molar-refractivity contribution >= 4 is 40.7 Å². The Kier molecular flexibility index (Phi) is 13.8. The number of carbonyl (C=O) groups excluding carboxylic acids is 4. The first-order valence-electron chi connectivity index (χ1n) is 22.6. The Hall–Kier alpha value is -4.24. The second-order valence-electron chi connectivity index (χ2n) is 18.9. The van der Waals surface area contributed by atoms with E-state index in [1.165, 1.54) is 0 Å². The van der Waals surface area contributed by atoms with E-state index in [0.29, 0.717) is 103 Å². The summed E-state index contributed by atoms with van der Waals surface area (Å²) in [7, 11) is 0. The number of hydrogen-bond acceptors (Lipinski definition) is 9. The Morgan fingerprint density at radius 2 is 1.05 bits per heavy atom. The van der Waals surface area contributed by atoms with Gasteiger partial charge in [-0.2, -0.15) is 0 Å². The molecule has 318 valence electrons. The van der Waals surface area contributed by atoms with Crippen molar-refractivity contribution in [3.05, 3.63) is 54.6 Å². The molecule has 0 amide bonds. The fourth-order valence-corrected chi connectivity index (χ4v) is 10.2. The summed E-state index contributed by atoms with van der Waals surface area (Å²) in [5.74, 6) is 2.09. The number of hydrogen-bond donors (Lipinski definition) is 1. The number of nitrogens with two attached hydrogens (primary N) is 1. The highest BCUT2D eigenvalue weighted by Gasteiger charge is 2.40. The van der Waals surface area contributed by atoms with Crippen LogP contribution >= 0.6 is 0 Å². The second-order valence-corrected chi connectivity index (χ2v) is 18.9. The van der Waals surface area contributed by atoms with Crippen LogP contribution in [0, 0.1) is 41.4 Å². The van der Waals surface area contributed by atoms with Gasteiger partial charge in [0.25, 0.3) is 0 Å². The van der Waals surface area contributed by atoms with Gasteiger partial charge in [-0.1, -0.05) is 45.9 Å². The summed E-state index contributed by atoms with van der Waals surface area (Å²) in [5.41, 5.74) is 7.78. The van der Waals surface area contributed by atoms with E-state index in [9.17, 15) is 19.2 Å². The molecular formula is C50H65NO8. The second kappa shape index (κ2) is 19.0. The van der Waals surface area contributed by atoms with Crippen molar-refractivity contribution in [2.24, 2.45) is 41.4 Å². The minimum atomic E-state index is -0.709. The summed E-state index contributed by atoms with van der Waals surface area (Å²) in [6.07, 6.45) is 13.4. The third-order valence-corrected chi connectivity index (χ3v) is 14.4. The fraction of sp³-hybridized carbons (Fsp3) is 0.600. The molecule has 4 fully saturated rings. The molecular weight excluding hydrogens is 743 g/mol. The summed E-state index contributed by atoms with van der Waals surface area (Å²) in [6, 6.07) is 16.9. The van der Waals surface area contributed by atoms with E-state index in [2.05, 4.69) is 27.7 Å². The first kappa shape index (κ1) is 42.9. The zero-order valence-corrected chi connectivity index (χ0v) is 35.6. The van der Waals surface area contributed by atoms with Crippen LogP contribution < -0.4 is 15.2 Å². The standard InChI is InChI=1S/C50H65NO8/c1-31(2)33-5-7-36(8-6-33)47(53)56-41-18-11-37(12-19-41)49(55)58-46-24-23-45(43-22-15-39(29-44(43)46)35-9-16-40(51)17-10-35)57-48(54)38-13-20-42(21-14-38)59-50(30-52)27-25-34(26-28-50)32(3)4/h9-10,15-17,22-24,29-34,36-38,41-42H,5-8,11-14,18-21,25-28,51H2,1-4H3. The quantitative estimate of drug-likeness (QED) is 0.0822. The molecule has 0 unspecified atom stereocenters. The molecule has 0 atom stereocenters. The van der Waals surface area contributed by atoms with Gasteiger partial charge in [0.1, 0.15) is 23.2 Å². The molecule has 0 saturated heterocycles.